The molecule has 172 valence electrons. The van der Waals surface area contributed by atoms with Gasteiger partial charge in [0.05, 0.1) is 6.54 Å². The summed E-state index contributed by atoms with van der Waals surface area (Å²) in [6.07, 6.45) is 0. The Kier molecular flexibility index (Phi) is 7.96. The minimum absolute atomic E-state index is 0.00916. The zero-order valence-corrected chi connectivity index (χ0v) is 18.5. The number of anilines is 1. The third-order valence-corrected chi connectivity index (χ3v) is 4.39. The fourth-order valence-corrected chi connectivity index (χ4v) is 2.90. The lowest BCUT2D eigenvalue weighted by Gasteiger charge is -2.10. The zero-order valence-electron chi connectivity index (χ0n) is 18.5. The minimum Gasteiger partial charge on any atom is -0.426 e. The smallest absolute Gasteiger partial charge is 0.347 e. The predicted molar refractivity (Wildman–Crippen MR) is 123 cm³/mol. The first-order valence-corrected chi connectivity index (χ1v) is 10.2. The van der Waals surface area contributed by atoms with Crippen molar-refractivity contribution in [2.75, 3.05) is 5.32 Å². The number of rotatable bonds is 7. The molecule has 0 unspecified atom stereocenters. The number of carbonyl (C=O) groups excluding carboxylic acids is 4. The number of azo groups is 1. The molecule has 0 atom stereocenters. The van der Waals surface area contributed by atoms with Gasteiger partial charge in [0.25, 0.3) is 5.91 Å². The van der Waals surface area contributed by atoms with Crippen LogP contribution in [0.5, 0.6) is 11.5 Å². The summed E-state index contributed by atoms with van der Waals surface area (Å²) in [6.45, 7) is 2.62. The Morgan fingerprint density at radius 2 is 1.44 bits per heavy atom. The van der Waals surface area contributed by atoms with E-state index in [4.69, 9.17) is 9.47 Å². The summed E-state index contributed by atoms with van der Waals surface area (Å²) in [5, 5.41) is 10.2. The van der Waals surface area contributed by atoms with Crippen LogP contribution >= 0.6 is 0 Å². The van der Waals surface area contributed by atoms with Crippen molar-refractivity contribution in [2.24, 2.45) is 10.2 Å². The molecule has 0 aliphatic rings. The van der Waals surface area contributed by atoms with Crippen molar-refractivity contribution in [3.8, 4) is 11.5 Å². The van der Waals surface area contributed by atoms with Crippen LogP contribution in [-0.4, -0.2) is 23.8 Å². The molecule has 3 aromatic rings. The van der Waals surface area contributed by atoms with Gasteiger partial charge in [0.1, 0.15) is 17.1 Å². The van der Waals surface area contributed by atoms with Crippen LogP contribution in [0.1, 0.15) is 40.1 Å². The second-order valence-corrected chi connectivity index (χ2v) is 7.05. The summed E-state index contributed by atoms with van der Waals surface area (Å²) < 4.78 is 10.6. The van der Waals surface area contributed by atoms with Crippen molar-refractivity contribution < 1.29 is 28.7 Å². The maximum absolute atomic E-state index is 12.7. The van der Waals surface area contributed by atoms with Crippen molar-refractivity contribution in [1.82, 2.24) is 0 Å². The van der Waals surface area contributed by atoms with Gasteiger partial charge in [-0.25, -0.2) is 4.79 Å². The number of benzene rings is 3. The Morgan fingerprint density at radius 1 is 0.794 bits per heavy atom. The maximum atomic E-state index is 12.7. The molecule has 3 rings (SSSR count). The van der Waals surface area contributed by atoms with Crippen LogP contribution in [0.15, 0.2) is 83.0 Å². The van der Waals surface area contributed by atoms with Crippen LogP contribution in [-0.2, 0) is 16.1 Å². The lowest BCUT2D eigenvalue weighted by atomic mass is 10.2. The number of nitrogens with zero attached hydrogens (tertiary/aromatic N) is 2. The van der Waals surface area contributed by atoms with E-state index in [0.29, 0.717) is 16.8 Å². The third-order valence-electron chi connectivity index (χ3n) is 4.39. The molecule has 2 amide bonds. The molecule has 1 N–H and O–H groups in total. The van der Waals surface area contributed by atoms with Gasteiger partial charge in [0, 0.05) is 30.7 Å². The van der Waals surface area contributed by atoms with E-state index in [1.807, 2.05) is 0 Å². The fourth-order valence-electron chi connectivity index (χ4n) is 2.90. The first-order valence-electron chi connectivity index (χ1n) is 10.2. The van der Waals surface area contributed by atoms with Crippen LogP contribution in [0, 0.1) is 0 Å². The molecule has 0 fully saturated rings. The topological polar surface area (TPSA) is 123 Å². The van der Waals surface area contributed by atoms with Gasteiger partial charge in [0.15, 0.2) is 0 Å². The number of hydrogen-bond acceptors (Lipinski definition) is 7. The molecule has 34 heavy (non-hydrogen) atoms. The van der Waals surface area contributed by atoms with Crippen LogP contribution in [0.25, 0.3) is 0 Å². The highest BCUT2D eigenvalue weighted by Crippen LogP contribution is 2.24. The summed E-state index contributed by atoms with van der Waals surface area (Å²) in [5.74, 6) is -1.72. The van der Waals surface area contributed by atoms with E-state index in [1.165, 1.54) is 38.1 Å². The second kappa shape index (κ2) is 11.3. The Bertz CT molecular complexity index is 1250. The number of hydrogen-bond donors (Lipinski definition) is 1. The summed E-state index contributed by atoms with van der Waals surface area (Å²) in [4.78, 5) is 47.3. The van der Waals surface area contributed by atoms with Crippen LogP contribution < -0.4 is 14.8 Å². The molecule has 9 nitrogen and oxygen atoms in total. The number of carbonyl (C=O) groups is 4. The van der Waals surface area contributed by atoms with E-state index in [2.05, 4.69) is 15.5 Å². The summed E-state index contributed by atoms with van der Waals surface area (Å²) in [7, 11) is 0. The average molecular weight is 459 g/mol. The van der Waals surface area contributed by atoms with Crippen molar-refractivity contribution in [3.63, 3.8) is 0 Å². The van der Waals surface area contributed by atoms with Crippen molar-refractivity contribution in [3.05, 3.63) is 89.5 Å². The molecule has 0 aliphatic carbocycles. The van der Waals surface area contributed by atoms with Gasteiger partial charge in [-0.3, -0.25) is 14.4 Å². The van der Waals surface area contributed by atoms with Gasteiger partial charge in [-0.05, 0) is 42.5 Å². The Morgan fingerprint density at radius 3 is 2.12 bits per heavy atom. The Labute approximate surface area is 195 Å². The van der Waals surface area contributed by atoms with Crippen molar-refractivity contribution >= 4 is 29.4 Å². The van der Waals surface area contributed by atoms with Gasteiger partial charge in [-0.2, -0.15) is 5.11 Å². The standard InChI is InChI=1S/C25H21N3O6/c1-16(29)27-20-13-11-18(12-14-20)24(31)28-26-15-19-7-3-5-9-22(19)34-25(32)21-8-4-6-10-23(21)33-17(2)30/h3-14H,15H2,1-2H3,(H,27,29). The molecule has 0 aliphatic heterocycles. The highest BCUT2D eigenvalue weighted by molar-refractivity contribution is 5.96. The largest absolute Gasteiger partial charge is 0.426 e. The summed E-state index contributed by atoms with van der Waals surface area (Å²) >= 11 is 0. The molecule has 0 heterocycles. The SMILES string of the molecule is CC(=O)Nc1ccc(C(=O)N=NCc2ccccc2OC(=O)c2ccccc2OC(C)=O)cc1. The van der Waals surface area contributed by atoms with E-state index in [0.717, 1.165) is 0 Å². The van der Waals surface area contributed by atoms with Gasteiger partial charge in [-0.1, -0.05) is 30.3 Å². The number of para-hydroxylation sites is 2. The highest BCUT2D eigenvalue weighted by atomic mass is 16.5. The Hall–Kier alpha value is -4.66. The molecule has 0 aromatic heterocycles. The number of ether oxygens (including phenoxy) is 2. The third kappa shape index (κ3) is 6.67. The lowest BCUT2D eigenvalue weighted by molar-refractivity contribution is -0.131. The molecule has 0 bridgehead atoms. The van der Waals surface area contributed by atoms with E-state index in [9.17, 15) is 19.2 Å². The highest BCUT2D eigenvalue weighted by Gasteiger charge is 2.17. The summed E-state index contributed by atoms with van der Waals surface area (Å²) in [6, 6.07) is 19.2. The second-order valence-electron chi connectivity index (χ2n) is 7.05. The molecular formula is C25H21N3O6. The Balaban J connectivity index is 1.68. The first kappa shape index (κ1) is 24.0. The molecule has 0 radical (unpaired) electrons. The van der Waals surface area contributed by atoms with Crippen LogP contribution in [0.4, 0.5) is 5.69 Å². The van der Waals surface area contributed by atoms with E-state index in [1.54, 1.807) is 48.5 Å². The molecular weight excluding hydrogens is 438 g/mol. The zero-order chi connectivity index (χ0) is 24.5. The number of esters is 2. The first-order chi connectivity index (χ1) is 16.3. The van der Waals surface area contributed by atoms with Gasteiger partial charge < -0.3 is 14.8 Å². The van der Waals surface area contributed by atoms with Gasteiger partial charge in [-0.15, -0.1) is 5.11 Å². The van der Waals surface area contributed by atoms with E-state index >= 15 is 0 Å². The molecule has 9 heteroatoms. The lowest BCUT2D eigenvalue weighted by Crippen LogP contribution is -2.13. The van der Waals surface area contributed by atoms with Crippen molar-refractivity contribution in [1.29, 1.82) is 0 Å². The fraction of sp³-hybridized carbons (Fsp3) is 0.120. The van der Waals surface area contributed by atoms with Gasteiger partial charge >= 0.3 is 11.9 Å². The predicted octanol–water partition coefficient (Wildman–Crippen LogP) is 4.58. The van der Waals surface area contributed by atoms with E-state index in [-0.39, 0.29) is 29.5 Å². The van der Waals surface area contributed by atoms with Crippen LogP contribution in [0.3, 0.4) is 0 Å². The molecule has 0 saturated carbocycles. The number of amides is 2. The van der Waals surface area contributed by atoms with E-state index < -0.39 is 17.8 Å². The normalized spacial score (nSPS) is 10.5. The van der Waals surface area contributed by atoms with Crippen molar-refractivity contribution in [2.45, 2.75) is 20.4 Å². The van der Waals surface area contributed by atoms with Crippen LogP contribution in [0.2, 0.25) is 0 Å². The van der Waals surface area contributed by atoms with Gasteiger partial charge in [0.2, 0.25) is 5.91 Å². The molecule has 0 spiro atoms. The number of nitrogens with one attached hydrogen (secondary N) is 1. The monoisotopic (exact) mass is 459 g/mol. The molecule has 3 aromatic carbocycles. The minimum atomic E-state index is -0.712. The maximum Gasteiger partial charge on any atom is 0.347 e. The summed E-state index contributed by atoms with van der Waals surface area (Å²) in [5.41, 5.74) is 1.48. The molecule has 0 saturated heterocycles. The average Bonchev–Trinajstić information content (AvgIpc) is 2.80. The quantitative estimate of drug-likeness (QED) is 0.313.